The predicted octanol–water partition coefficient (Wildman–Crippen LogP) is 1.04. The molecule has 0 fully saturated rings. The normalized spacial score (nSPS) is 11.7. The third-order valence-corrected chi connectivity index (χ3v) is 2.55. The highest BCUT2D eigenvalue weighted by Gasteiger charge is 2.33. The van der Waals surface area contributed by atoms with Crippen LogP contribution in [0, 0.1) is 0 Å². The molecule has 114 valence electrons. The number of carbonyl (C=O) groups is 1. The molecule has 1 heterocycles. The van der Waals surface area contributed by atoms with E-state index in [0.717, 1.165) is 4.90 Å². The van der Waals surface area contributed by atoms with E-state index in [0.29, 0.717) is 25.9 Å². The van der Waals surface area contributed by atoms with Crippen molar-refractivity contribution in [3.05, 3.63) is 11.9 Å². The Balaban J connectivity index is 2.79. The molecule has 6 nitrogen and oxygen atoms in total. The molecule has 0 saturated carbocycles. The molecule has 0 aromatic carbocycles. The average Bonchev–Trinajstić information content (AvgIpc) is 2.81. The van der Waals surface area contributed by atoms with Gasteiger partial charge >= 0.3 is 6.18 Å². The third-order valence-electron chi connectivity index (χ3n) is 2.55. The number of hydrogen-bond acceptors (Lipinski definition) is 4. The van der Waals surface area contributed by atoms with Gasteiger partial charge in [0.1, 0.15) is 6.54 Å². The summed E-state index contributed by atoms with van der Waals surface area (Å²) >= 11 is 0. The van der Waals surface area contributed by atoms with Crippen LogP contribution >= 0.6 is 0 Å². The van der Waals surface area contributed by atoms with Crippen LogP contribution in [0.3, 0.4) is 0 Å². The van der Waals surface area contributed by atoms with E-state index in [2.05, 4.69) is 10.3 Å². The zero-order chi connectivity index (χ0) is 15.2. The van der Waals surface area contributed by atoms with Crippen LogP contribution in [-0.4, -0.2) is 51.6 Å². The lowest BCUT2D eigenvalue weighted by atomic mass is 10.3. The van der Waals surface area contributed by atoms with Crippen LogP contribution < -0.4 is 5.73 Å². The van der Waals surface area contributed by atoms with Crippen molar-refractivity contribution in [1.82, 2.24) is 19.9 Å². The molecular weight excluding hydrogens is 275 g/mol. The molecule has 0 saturated heterocycles. The molecule has 2 N–H and O–H groups in total. The molecule has 0 spiro atoms. The van der Waals surface area contributed by atoms with Crippen LogP contribution in [-0.2, 0) is 6.54 Å². The molecule has 9 heteroatoms. The van der Waals surface area contributed by atoms with Crippen LogP contribution in [0.4, 0.5) is 13.2 Å². The van der Waals surface area contributed by atoms with E-state index in [-0.39, 0.29) is 12.2 Å². The number of nitrogens with zero attached hydrogens (tertiary/aromatic N) is 4. The number of nitrogens with two attached hydrogens (primary N) is 1. The second-order valence-corrected chi connectivity index (χ2v) is 4.35. The largest absolute Gasteiger partial charge is 0.406 e. The van der Waals surface area contributed by atoms with E-state index in [9.17, 15) is 18.0 Å². The number of amides is 1. The van der Waals surface area contributed by atoms with Gasteiger partial charge in [0.25, 0.3) is 5.91 Å². The van der Waals surface area contributed by atoms with Crippen LogP contribution in [0.1, 0.15) is 30.3 Å². The Morgan fingerprint density at radius 3 is 2.75 bits per heavy atom. The molecule has 0 unspecified atom stereocenters. The summed E-state index contributed by atoms with van der Waals surface area (Å²) in [6.07, 6.45) is -1.93. The Kier molecular flexibility index (Phi) is 5.93. The van der Waals surface area contributed by atoms with Gasteiger partial charge in [-0.1, -0.05) is 18.6 Å². The summed E-state index contributed by atoms with van der Waals surface area (Å²) in [7, 11) is 0. The summed E-state index contributed by atoms with van der Waals surface area (Å²) in [6.45, 7) is 1.26. The molecule has 1 aromatic heterocycles. The SMILES string of the molecule is CCCCN(CC(F)(F)F)C(=O)c1cn(CCN)nn1. The van der Waals surface area contributed by atoms with Crippen molar-refractivity contribution in [3.8, 4) is 0 Å². The smallest absolute Gasteiger partial charge is 0.329 e. The van der Waals surface area contributed by atoms with Gasteiger partial charge in [0.05, 0.1) is 12.7 Å². The van der Waals surface area contributed by atoms with Gasteiger partial charge in [-0.2, -0.15) is 13.2 Å². The van der Waals surface area contributed by atoms with Crippen LogP contribution in [0.25, 0.3) is 0 Å². The van der Waals surface area contributed by atoms with Gasteiger partial charge in [0, 0.05) is 13.1 Å². The molecule has 0 bridgehead atoms. The van der Waals surface area contributed by atoms with Gasteiger partial charge in [0.2, 0.25) is 0 Å². The Hall–Kier alpha value is -1.64. The lowest BCUT2D eigenvalue weighted by Gasteiger charge is -2.22. The molecule has 0 atom stereocenters. The summed E-state index contributed by atoms with van der Waals surface area (Å²) in [4.78, 5) is 12.8. The monoisotopic (exact) mass is 293 g/mol. The highest BCUT2D eigenvalue weighted by molar-refractivity contribution is 5.91. The van der Waals surface area contributed by atoms with E-state index in [4.69, 9.17) is 5.73 Å². The van der Waals surface area contributed by atoms with Gasteiger partial charge in [-0.15, -0.1) is 5.10 Å². The number of halogens is 3. The second-order valence-electron chi connectivity index (χ2n) is 4.35. The number of aromatic nitrogens is 3. The van der Waals surface area contributed by atoms with Gasteiger partial charge in [-0.25, -0.2) is 0 Å². The molecule has 0 radical (unpaired) electrons. The van der Waals surface area contributed by atoms with Crippen molar-refractivity contribution >= 4 is 5.91 Å². The Labute approximate surface area is 114 Å². The zero-order valence-electron chi connectivity index (χ0n) is 11.2. The molecule has 1 rings (SSSR count). The average molecular weight is 293 g/mol. The minimum absolute atomic E-state index is 0.0403. The molecule has 20 heavy (non-hydrogen) atoms. The highest BCUT2D eigenvalue weighted by Crippen LogP contribution is 2.18. The second kappa shape index (κ2) is 7.22. The maximum absolute atomic E-state index is 12.5. The fourth-order valence-electron chi connectivity index (χ4n) is 1.62. The lowest BCUT2D eigenvalue weighted by molar-refractivity contribution is -0.140. The predicted molar refractivity (Wildman–Crippen MR) is 65.9 cm³/mol. The molecule has 0 aliphatic carbocycles. The number of carbonyl (C=O) groups excluding carboxylic acids is 1. The van der Waals surface area contributed by atoms with Crippen molar-refractivity contribution in [2.45, 2.75) is 32.5 Å². The van der Waals surface area contributed by atoms with E-state index < -0.39 is 18.6 Å². The first-order valence-corrected chi connectivity index (χ1v) is 6.33. The number of hydrogen-bond donors (Lipinski definition) is 1. The van der Waals surface area contributed by atoms with Crippen molar-refractivity contribution in [3.63, 3.8) is 0 Å². The Morgan fingerprint density at radius 1 is 1.50 bits per heavy atom. The first kappa shape index (κ1) is 16.4. The van der Waals surface area contributed by atoms with E-state index in [1.165, 1.54) is 10.9 Å². The van der Waals surface area contributed by atoms with Crippen molar-refractivity contribution < 1.29 is 18.0 Å². The number of unbranched alkanes of at least 4 members (excludes halogenated alkanes) is 1. The van der Waals surface area contributed by atoms with Gasteiger partial charge < -0.3 is 10.6 Å². The fourth-order valence-corrected chi connectivity index (χ4v) is 1.62. The Morgan fingerprint density at radius 2 is 2.20 bits per heavy atom. The molecular formula is C11H18F3N5O. The molecule has 1 aromatic rings. The molecule has 0 aliphatic heterocycles. The first-order valence-electron chi connectivity index (χ1n) is 6.33. The first-order chi connectivity index (χ1) is 9.37. The van der Waals surface area contributed by atoms with Crippen LogP contribution in [0.15, 0.2) is 6.20 Å². The third kappa shape index (κ3) is 5.16. The fraction of sp³-hybridized carbons (Fsp3) is 0.727. The maximum atomic E-state index is 12.5. The minimum atomic E-state index is -4.43. The van der Waals surface area contributed by atoms with Crippen molar-refractivity contribution in [2.24, 2.45) is 5.73 Å². The van der Waals surface area contributed by atoms with Crippen molar-refractivity contribution in [1.29, 1.82) is 0 Å². The topological polar surface area (TPSA) is 77.0 Å². The van der Waals surface area contributed by atoms with Crippen LogP contribution in [0.5, 0.6) is 0 Å². The number of rotatable bonds is 7. The Bertz CT molecular complexity index is 432. The quantitative estimate of drug-likeness (QED) is 0.815. The zero-order valence-corrected chi connectivity index (χ0v) is 11.2. The van der Waals surface area contributed by atoms with Crippen molar-refractivity contribution in [2.75, 3.05) is 19.6 Å². The van der Waals surface area contributed by atoms with E-state index in [1.54, 1.807) is 0 Å². The van der Waals surface area contributed by atoms with Crippen LogP contribution in [0.2, 0.25) is 0 Å². The summed E-state index contributed by atoms with van der Waals surface area (Å²) < 4.78 is 38.8. The lowest BCUT2D eigenvalue weighted by Crippen LogP contribution is -2.39. The molecule has 1 amide bonds. The van der Waals surface area contributed by atoms with Gasteiger partial charge in [0.15, 0.2) is 5.69 Å². The number of alkyl halides is 3. The maximum Gasteiger partial charge on any atom is 0.406 e. The highest BCUT2D eigenvalue weighted by atomic mass is 19.4. The summed E-state index contributed by atoms with van der Waals surface area (Å²) in [5.74, 6) is -0.765. The van der Waals surface area contributed by atoms with E-state index >= 15 is 0 Å². The summed E-state index contributed by atoms with van der Waals surface area (Å²) in [5, 5.41) is 7.24. The van der Waals surface area contributed by atoms with E-state index in [1.807, 2.05) is 6.92 Å². The van der Waals surface area contributed by atoms with Gasteiger partial charge in [-0.3, -0.25) is 9.48 Å². The molecule has 0 aliphatic rings. The standard InChI is InChI=1S/C11H18F3N5O/c1-2-3-5-18(8-11(12,13)14)10(20)9-7-19(6-4-15)17-16-9/h7H,2-6,8,15H2,1H3. The summed E-state index contributed by atoms with van der Waals surface area (Å²) in [5.41, 5.74) is 5.22. The summed E-state index contributed by atoms with van der Waals surface area (Å²) in [6, 6.07) is 0. The minimum Gasteiger partial charge on any atom is -0.329 e. The van der Waals surface area contributed by atoms with Gasteiger partial charge in [-0.05, 0) is 6.42 Å².